The molecule has 0 aliphatic carbocycles. The molecule has 4 heteroatoms. The number of ketones is 1. The largest absolute Gasteiger partial charge is 0.396 e. The van der Waals surface area contributed by atoms with Crippen molar-refractivity contribution >= 4 is 22.4 Å². The van der Waals surface area contributed by atoms with Gasteiger partial charge in [0.1, 0.15) is 0 Å². The Morgan fingerprint density at radius 1 is 1.32 bits per heavy atom. The zero-order chi connectivity index (χ0) is 19.5. The molecule has 148 valence electrons. The summed E-state index contributed by atoms with van der Waals surface area (Å²) >= 11 is 0. The van der Waals surface area contributed by atoms with Crippen molar-refractivity contribution in [3.8, 4) is 0 Å². The van der Waals surface area contributed by atoms with Gasteiger partial charge in [-0.1, -0.05) is 32.0 Å². The number of carbonyl (C=O) groups excluding carboxylic acids is 1. The summed E-state index contributed by atoms with van der Waals surface area (Å²) < 4.78 is 2.28. The van der Waals surface area contributed by atoms with E-state index in [2.05, 4.69) is 46.7 Å². The Labute approximate surface area is 166 Å². The van der Waals surface area contributed by atoms with Crippen LogP contribution in [0.4, 0.5) is 0 Å². The lowest BCUT2D eigenvalue weighted by Crippen LogP contribution is -2.51. The van der Waals surface area contributed by atoms with Gasteiger partial charge in [-0.05, 0) is 55.9 Å². The van der Waals surface area contributed by atoms with Gasteiger partial charge in [-0.2, -0.15) is 0 Å². The first-order chi connectivity index (χ1) is 13.6. The molecule has 0 bridgehead atoms. The summed E-state index contributed by atoms with van der Waals surface area (Å²) in [5.74, 6) is 0.156. The highest BCUT2D eigenvalue weighted by Gasteiger charge is 2.50. The van der Waals surface area contributed by atoms with E-state index in [1.54, 1.807) is 0 Å². The van der Waals surface area contributed by atoms with Gasteiger partial charge in [0.05, 0.1) is 17.3 Å². The van der Waals surface area contributed by atoms with Crippen molar-refractivity contribution < 1.29 is 9.90 Å². The number of piperidine rings is 1. The summed E-state index contributed by atoms with van der Waals surface area (Å²) in [6, 6.07) is 8.96. The van der Waals surface area contributed by atoms with Gasteiger partial charge < -0.3 is 9.67 Å². The predicted molar refractivity (Wildman–Crippen MR) is 112 cm³/mol. The number of rotatable bonds is 5. The lowest BCUT2D eigenvalue weighted by Gasteiger charge is -2.53. The van der Waals surface area contributed by atoms with E-state index in [9.17, 15) is 9.90 Å². The SMILES string of the molecule is CC[C@@]12C=C(C(=O)C[C@@H](C)CO)n3c4c(c5ccccc53)CCN(CCC1)[C@H]42. The van der Waals surface area contributed by atoms with Crippen molar-refractivity contribution in [1.29, 1.82) is 0 Å². The molecule has 1 aromatic carbocycles. The molecule has 0 unspecified atom stereocenters. The lowest BCUT2D eigenvalue weighted by atomic mass is 9.66. The van der Waals surface area contributed by atoms with Gasteiger partial charge >= 0.3 is 0 Å². The molecule has 0 amide bonds. The van der Waals surface area contributed by atoms with E-state index in [1.165, 1.54) is 28.6 Å². The van der Waals surface area contributed by atoms with Crippen molar-refractivity contribution in [3.63, 3.8) is 0 Å². The molecule has 1 fully saturated rings. The molecule has 28 heavy (non-hydrogen) atoms. The molecule has 3 atom stereocenters. The van der Waals surface area contributed by atoms with E-state index in [4.69, 9.17) is 0 Å². The summed E-state index contributed by atoms with van der Waals surface area (Å²) in [5.41, 5.74) is 4.88. The third-order valence-corrected chi connectivity index (χ3v) is 7.38. The standard InChI is InChI=1S/C24H30N2O2/c1-3-24-10-6-11-25-12-9-18-17-7-4-5-8-19(17)26(22(18)23(24)25)20(14-24)21(28)13-16(2)15-27/h4-5,7-8,14,16,23,27H,3,6,9-13,15H2,1-2H3/t16-,23-,24+/m1/s1. The average molecular weight is 379 g/mol. The molecule has 4 nitrogen and oxygen atoms in total. The molecule has 1 aromatic heterocycles. The zero-order valence-electron chi connectivity index (χ0n) is 16.9. The van der Waals surface area contributed by atoms with E-state index < -0.39 is 0 Å². The number of hydrogen-bond acceptors (Lipinski definition) is 3. The van der Waals surface area contributed by atoms with Crippen LogP contribution in [0.1, 0.15) is 56.8 Å². The maximum absolute atomic E-state index is 13.4. The molecule has 1 saturated heterocycles. The summed E-state index contributed by atoms with van der Waals surface area (Å²) in [7, 11) is 0. The third-order valence-electron chi connectivity index (χ3n) is 7.38. The van der Waals surface area contributed by atoms with Gasteiger partial charge in [-0.3, -0.25) is 9.69 Å². The minimum absolute atomic E-state index is 0.00999. The minimum atomic E-state index is -0.00999. The van der Waals surface area contributed by atoms with Crippen molar-refractivity contribution in [1.82, 2.24) is 9.47 Å². The Bertz CT molecular complexity index is 972. The topological polar surface area (TPSA) is 45.5 Å². The van der Waals surface area contributed by atoms with Crippen molar-refractivity contribution in [3.05, 3.63) is 41.6 Å². The molecular weight excluding hydrogens is 348 g/mol. The number of aliphatic hydroxyl groups excluding tert-OH is 1. The Balaban J connectivity index is 1.78. The first kappa shape index (κ1) is 18.1. The molecule has 1 N–H and O–H groups in total. The number of aliphatic hydroxyl groups is 1. The van der Waals surface area contributed by atoms with E-state index in [-0.39, 0.29) is 23.7 Å². The number of Topliss-reactive ketones (excluding diaryl/α,β-unsaturated/α-hetero) is 1. The van der Waals surface area contributed by atoms with E-state index in [0.717, 1.165) is 38.0 Å². The van der Waals surface area contributed by atoms with Crippen LogP contribution in [-0.4, -0.2) is 40.1 Å². The molecule has 0 saturated carbocycles. The number of benzene rings is 1. The van der Waals surface area contributed by atoms with E-state index in [0.29, 0.717) is 12.5 Å². The Morgan fingerprint density at radius 3 is 2.93 bits per heavy atom. The molecule has 3 aliphatic heterocycles. The molecule has 3 aliphatic rings. The molecular formula is C24H30N2O2. The van der Waals surface area contributed by atoms with Crippen LogP contribution >= 0.6 is 0 Å². The Kier molecular flexibility index (Phi) is 4.25. The van der Waals surface area contributed by atoms with Gasteiger partial charge in [0, 0.05) is 36.1 Å². The summed E-state index contributed by atoms with van der Waals surface area (Å²) in [6.07, 6.45) is 7.20. The van der Waals surface area contributed by atoms with Crippen LogP contribution < -0.4 is 0 Å². The monoisotopic (exact) mass is 378 g/mol. The van der Waals surface area contributed by atoms with E-state index in [1.807, 2.05) is 6.92 Å². The molecule has 4 heterocycles. The second-order valence-electron chi connectivity index (χ2n) is 9.04. The Morgan fingerprint density at radius 2 is 2.14 bits per heavy atom. The molecule has 0 radical (unpaired) electrons. The highest BCUT2D eigenvalue weighted by molar-refractivity contribution is 6.17. The maximum atomic E-state index is 13.4. The minimum Gasteiger partial charge on any atom is -0.396 e. The van der Waals surface area contributed by atoms with Crippen LogP contribution in [0.2, 0.25) is 0 Å². The van der Waals surface area contributed by atoms with Crippen molar-refractivity contribution in [2.75, 3.05) is 19.7 Å². The fraction of sp³-hybridized carbons (Fsp3) is 0.542. The highest BCUT2D eigenvalue weighted by atomic mass is 16.3. The van der Waals surface area contributed by atoms with Gasteiger partial charge in [0.25, 0.3) is 0 Å². The maximum Gasteiger partial charge on any atom is 0.179 e. The van der Waals surface area contributed by atoms with Crippen LogP contribution in [0, 0.1) is 11.3 Å². The Hall–Kier alpha value is -1.91. The van der Waals surface area contributed by atoms with Crippen LogP contribution in [-0.2, 0) is 11.2 Å². The normalized spacial score (nSPS) is 27.4. The number of nitrogens with zero attached hydrogens (tertiary/aromatic N) is 2. The number of allylic oxidation sites excluding steroid dienone is 1. The van der Waals surface area contributed by atoms with Crippen LogP contribution in [0.3, 0.4) is 0 Å². The number of hydrogen-bond donors (Lipinski definition) is 1. The molecule has 5 rings (SSSR count). The number of aromatic nitrogens is 1. The van der Waals surface area contributed by atoms with Crippen LogP contribution in [0.15, 0.2) is 30.3 Å². The second kappa shape index (κ2) is 6.57. The number of carbonyl (C=O) groups is 1. The zero-order valence-corrected chi connectivity index (χ0v) is 16.9. The smallest absolute Gasteiger partial charge is 0.179 e. The first-order valence-corrected chi connectivity index (χ1v) is 10.8. The fourth-order valence-electron chi connectivity index (χ4n) is 5.97. The van der Waals surface area contributed by atoms with Gasteiger partial charge in [0.15, 0.2) is 5.78 Å². The third kappa shape index (κ3) is 2.40. The van der Waals surface area contributed by atoms with Crippen LogP contribution in [0.5, 0.6) is 0 Å². The van der Waals surface area contributed by atoms with E-state index >= 15 is 0 Å². The van der Waals surface area contributed by atoms with Crippen LogP contribution in [0.25, 0.3) is 16.6 Å². The quantitative estimate of drug-likeness (QED) is 0.849. The molecule has 0 spiro atoms. The lowest BCUT2D eigenvalue weighted by molar-refractivity contribution is -0.115. The molecule has 2 aromatic rings. The average Bonchev–Trinajstić information content (AvgIpc) is 3.07. The summed E-state index contributed by atoms with van der Waals surface area (Å²) in [4.78, 5) is 16.1. The van der Waals surface area contributed by atoms with Gasteiger partial charge in [-0.25, -0.2) is 0 Å². The first-order valence-electron chi connectivity index (χ1n) is 10.8. The number of para-hydroxylation sites is 1. The van der Waals surface area contributed by atoms with Gasteiger partial charge in [-0.15, -0.1) is 0 Å². The highest BCUT2D eigenvalue weighted by Crippen LogP contribution is 2.57. The van der Waals surface area contributed by atoms with Crippen molar-refractivity contribution in [2.45, 2.75) is 52.0 Å². The fourth-order valence-corrected chi connectivity index (χ4v) is 5.97. The summed E-state index contributed by atoms with van der Waals surface area (Å²) in [5, 5.41) is 10.8. The van der Waals surface area contributed by atoms with Crippen molar-refractivity contribution in [2.24, 2.45) is 11.3 Å². The summed E-state index contributed by atoms with van der Waals surface area (Å²) in [6.45, 7) is 6.56. The predicted octanol–water partition coefficient (Wildman–Crippen LogP) is 4.17. The second-order valence-corrected chi connectivity index (χ2v) is 9.04. The van der Waals surface area contributed by atoms with Gasteiger partial charge in [0.2, 0.25) is 0 Å². The number of fused-ring (bicyclic) bond motifs is 3.